The van der Waals surface area contributed by atoms with Crippen LogP contribution in [0.1, 0.15) is 11.1 Å². The number of hydrogen-bond acceptors (Lipinski definition) is 2. The largest absolute Gasteiger partial charge is 1.00 e. The summed E-state index contributed by atoms with van der Waals surface area (Å²) in [5.74, 6) is 0. The number of halogens is 3. The SMILES string of the molecule is Cc1ccc(S(=O)[O-])cc1C(F)(F)F.[Na+]. The average Bonchev–Trinajstić information content (AvgIpc) is 2.02. The van der Waals surface area contributed by atoms with E-state index in [0.29, 0.717) is 6.07 Å². The van der Waals surface area contributed by atoms with Crippen molar-refractivity contribution in [2.75, 3.05) is 0 Å². The molecule has 15 heavy (non-hydrogen) atoms. The van der Waals surface area contributed by atoms with E-state index in [1.165, 1.54) is 6.92 Å². The molecule has 1 aromatic rings. The van der Waals surface area contributed by atoms with E-state index >= 15 is 0 Å². The van der Waals surface area contributed by atoms with Crippen molar-refractivity contribution in [1.29, 1.82) is 0 Å². The van der Waals surface area contributed by atoms with Crippen molar-refractivity contribution in [3.8, 4) is 0 Å². The van der Waals surface area contributed by atoms with Gasteiger partial charge in [-0.25, -0.2) is 0 Å². The Kier molecular flexibility index (Phi) is 5.49. The van der Waals surface area contributed by atoms with E-state index in [2.05, 4.69) is 0 Å². The molecule has 0 saturated carbocycles. The van der Waals surface area contributed by atoms with Gasteiger partial charge in [0.25, 0.3) is 0 Å². The molecule has 0 bridgehead atoms. The van der Waals surface area contributed by atoms with Crippen LogP contribution in [0.15, 0.2) is 23.1 Å². The Hall–Kier alpha value is 0.120. The summed E-state index contributed by atoms with van der Waals surface area (Å²) in [5, 5.41) is 0. The molecule has 0 aromatic heterocycles. The summed E-state index contributed by atoms with van der Waals surface area (Å²) in [6, 6.07) is 2.89. The number of hydrogen-bond donors (Lipinski definition) is 0. The summed E-state index contributed by atoms with van der Waals surface area (Å²) in [7, 11) is 0. The van der Waals surface area contributed by atoms with Gasteiger partial charge < -0.3 is 4.55 Å². The molecule has 0 heterocycles. The van der Waals surface area contributed by atoms with Gasteiger partial charge in [-0.15, -0.1) is 0 Å². The molecule has 1 atom stereocenters. The molecule has 0 radical (unpaired) electrons. The summed E-state index contributed by atoms with van der Waals surface area (Å²) in [6.07, 6.45) is -4.51. The van der Waals surface area contributed by atoms with Crippen molar-refractivity contribution in [3.05, 3.63) is 29.3 Å². The number of aryl methyl sites for hydroxylation is 1. The molecule has 1 rings (SSSR count). The van der Waals surface area contributed by atoms with E-state index in [1.807, 2.05) is 0 Å². The van der Waals surface area contributed by atoms with Crippen LogP contribution >= 0.6 is 0 Å². The molecule has 0 aliphatic heterocycles. The molecule has 0 N–H and O–H groups in total. The van der Waals surface area contributed by atoms with Gasteiger partial charge in [-0.2, -0.15) is 13.2 Å². The zero-order valence-corrected chi connectivity index (χ0v) is 10.9. The Balaban J connectivity index is 0.00000196. The topological polar surface area (TPSA) is 40.1 Å². The van der Waals surface area contributed by atoms with Crippen molar-refractivity contribution in [3.63, 3.8) is 0 Å². The first kappa shape index (κ1) is 15.1. The Morgan fingerprint density at radius 1 is 1.33 bits per heavy atom. The molecule has 1 aromatic carbocycles. The fourth-order valence-corrected chi connectivity index (χ4v) is 1.40. The van der Waals surface area contributed by atoms with Crippen molar-refractivity contribution in [2.45, 2.75) is 18.0 Å². The molecule has 2 nitrogen and oxygen atoms in total. The monoisotopic (exact) mass is 246 g/mol. The van der Waals surface area contributed by atoms with Gasteiger partial charge in [0.2, 0.25) is 0 Å². The number of benzene rings is 1. The third-order valence-electron chi connectivity index (χ3n) is 1.71. The van der Waals surface area contributed by atoms with Gasteiger partial charge in [-0.3, -0.25) is 4.21 Å². The first-order valence-electron chi connectivity index (χ1n) is 3.59. The van der Waals surface area contributed by atoms with Crippen LogP contribution in [0.5, 0.6) is 0 Å². The van der Waals surface area contributed by atoms with Gasteiger partial charge in [0.15, 0.2) is 0 Å². The van der Waals surface area contributed by atoms with E-state index in [4.69, 9.17) is 0 Å². The van der Waals surface area contributed by atoms with E-state index in [-0.39, 0.29) is 40.0 Å². The fraction of sp³-hybridized carbons (Fsp3) is 0.250. The van der Waals surface area contributed by atoms with Crippen LogP contribution < -0.4 is 29.6 Å². The molecule has 0 aliphatic rings. The summed E-state index contributed by atoms with van der Waals surface area (Å²) in [5.41, 5.74) is -0.911. The molecular weight excluding hydrogens is 240 g/mol. The standard InChI is InChI=1S/C8H7F3O2S.Na/c1-5-2-3-6(14(12)13)4-7(5)8(9,10)11;/h2-4H,1H3,(H,12,13);/q;+1/p-1. The fourth-order valence-electron chi connectivity index (χ4n) is 1.01. The van der Waals surface area contributed by atoms with Gasteiger partial charge >= 0.3 is 35.7 Å². The van der Waals surface area contributed by atoms with Gasteiger partial charge in [0.1, 0.15) is 0 Å². The minimum atomic E-state index is -4.51. The van der Waals surface area contributed by atoms with Crippen LogP contribution in [-0.2, 0) is 17.3 Å². The molecule has 0 aliphatic carbocycles. The third-order valence-corrected chi connectivity index (χ3v) is 2.35. The Labute approximate surface area is 109 Å². The third kappa shape index (κ3) is 3.88. The van der Waals surface area contributed by atoms with E-state index in [9.17, 15) is 21.9 Å². The number of rotatable bonds is 1. The zero-order valence-electron chi connectivity index (χ0n) is 8.09. The van der Waals surface area contributed by atoms with Crippen LogP contribution in [0.4, 0.5) is 13.2 Å². The maximum Gasteiger partial charge on any atom is 1.00 e. The molecule has 0 saturated heterocycles. The average molecular weight is 246 g/mol. The van der Waals surface area contributed by atoms with E-state index < -0.39 is 22.8 Å². The summed E-state index contributed by atoms with van der Waals surface area (Å²) < 4.78 is 57.7. The molecule has 1 unspecified atom stereocenters. The summed E-state index contributed by atoms with van der Waals surface area (Å²) in [6.45, 7) is 1.28. The second-order valence-corrected chi connectivity index (χ2v) is 3.65. The second-order valence-electron chi connectivity index (χ2n) is 2.71. The minimum absolute atomic E-state index is 0. The van der Waals surface area contributed by atoms with E-state index in [1.54, 1.807) is 0 Å². The molecule has 7 heteroatoms. The zero-order chi connectivity index (χ0) is 10.9. The molecule has 78 valence electrons. The quantitative estimate of drug-likeness (QED) is 0.483. The van der Waals surface area contributed by atoms with Crippen molar-refractivity contribution < 1.29 is 51.5 Å². The van der Waals surface area contributed by atoms with Gasteiger partial charge in [-0.1, -0.05) is 6.07 Å². The molecular formula is C8H6F3NaO2S. The Morgan fingerprint density at radius 2 is 1.87 bits per heavy atom. The Bertz CT molecular complexity index is 379. The minimum Gasteiger partial charge on any atom is -0.768 e. The summed E-state index contributed by atoms with van der Waals surface area (Å²) >= 11 is -2.63. The summed E-state index contributed by atoms with van der Waals surface area (Å²) in [4.78, 5) is -0.358. The second kappa shape index (κ2) is 5.45. The van der Waals surface area contributed by atoms with Gasteiger partial charge in [0, 0.05) is 4.90 Å². The van der Waals surface area contributed by atoms with Crippen LogP contribution in [0.2, 0.25) is 0 Å². The molecule has 0 fully saturated rings. The van der Waals surface area contributed by atoms with Crippen molar-refractivity contribution >= 4 is 11.1 Å². The first-order valence-corrected chi connectivity index (χ1v) is 4.67. The van der Waals surface area contributed by atoms with Crippen LogP contribution in [0.25, 0.3) is 0 Å². The normalized spacial score (nSPS) is 13.1. The van der Waals surface area contributed by atoms with Crippen LogP contribution in [0, 0.1) is 6.92 Å². The number of alkyl halides is 3. The van der Waals surface area contributed by atoms with Gasteiger partial charge in [0.05, 0.1) is 5.56 Å². The van der Waals surface area contributed by atoms with Gasteiger partial charge in [-0.05, 0) is 35.7 Å². The van der Waals surface area contributed by atoms with Crippen molar-refractivity contribution in [1.82, 2.24) is 0 Å². The smallest absolute Gasteiger partial charge is 0.768 e. The maximum absolute atomic E-state index is 12.3. The van der Waals surface area contributed by atoms with Crippen LogP contribution in [-0.4, -0.2) is 8.76 Å². The first-order chi connectivity index (χ1) is 6.32. The predicted molar refractivity (Wildman–Crippen MR) is 43.4 cm³/mol. The predicted octanol–water partition coefficient (Wildman–Crippen LogP) is -0.744. The van der Waals surface area contributed by atoms with Crippen molar-refractivity contribution in [2.24, 2.45) is 0 Å². The Morgan fingerprint density at radius 3 is 2.27 bits per heavy atom. The van der Waals surface area contributed by atoms with Crippen LogP contribution in [0.3, 0.4) is 0 Å². The van der Waals surface area contributed by atoms with E-state index in [0.717, 1.165) is 12.1 Å². The maximum atomic E-state index is 12.3. The molecule has 0 amide bonds. The molecule has 0 spiro atoms.